The van der Waals surface area contributed by atoms with Crippen LogP contribution in [0.5, 0.6) is 0 Å². The Morgan fingerprint density at radius 2 is 2.11 bits per heavy atom. The fourth-order valence-corrected chi connectivity index (χ4v) is 3.82. The zero-order valence-corrected chi connectivity index (χ0v) is 16.9. The molecule has 0 aliphatic carbocycles. The van der Waals surface area contributed by atoms with Gasteiger partial charge in [-0.2, -0.15) is 5.10 Å². The van der Waals surface area contributed by atoms with E-state index in [1.54, 1.807) is 23.3 Å². The van der Waals surface area contributed by atoms with Gasteiger partial charge in [-0.25, -0.2) is 9.67 Å². The lowest BCUT2D eigenvalue weighted by Gasteiger charge is -2.42. The predicted molar refractivity (Wildman–Crippen MR) is 104 cm³/mol. The Morgan fingerprint density at radius 1 is 1.33 bits per heavy atom. The molecule has 3 rings (SSSR count). The topological polar surface area (TPSA) is 58.4 Å². The molecule has 0 spiro atoms. The first-order valence-electron chi connectivity index (χ1n) is 8.73. The summed E-state index contributed by atoms with van der Waals surface area (Å²) in [5, 5.41) is 5.58. The van der Waals surface area contributed by atoms with E-state index in [0.29, 0.717) is 36.5 Å². The SMILES string of the molecule is CC=COC(C(Cc1ccc(Cl)cc1Cl)n1cncn1)C1(C)COCOC1. The van der Waals surface area contributed by atoms with Gasteiger partial charge >= 0.3 is 0 Å². The third-order valence-corrected chi connectivity index (χ3v) is 5.24. The van der Waals surface area contributed by atoms with E-state index in [-0.39, 0.29) is 17.6 Å². The summed E-state index contributed by atoms with van der Waals surface area (Å²) in [6.07, 6.45) is 7.07. The van der Waals surface area contributed by atoms with Gasteiger partial charge < -0.3 is 14.2 Å². The van der Waals surface area contributed by atoms with Crippen LogP contribution < -0.4 is 0 Å². The Morgan fingerprint density at radius 3 is 2.74 bits per heavy atom. The first kappa shape index (κ1) is 20.1. The number of hydrogen-bond donors (Lipinski definition) is 0. The zero-order chi connectivity index (χ0) is 19.3. The van der Waals surface area contributed by atoms with Crippen molar-refractivity contribution in [3.63, 3.8) is 0 Å². The second-order valence-electron chi connectivity index (χ2n) is 6.88. The molecule has 2 heterocycles. The highest BCUT2D eigenvalue weighted by Crippen LogP contribution is 2.37. The molecule has 0 bridgehead atoms. The maximum Gasteiger partial charge on any atom is 0.146 e. The average molecular weight is 412 g/mol. The van der Waals surface area contributed by atoms with E-state index >= 15 is 0 Å². The van der Waals surface area contributed by atoms with Gasteiger partial charge in [-0.1, -0.05) is 42.3 Å². The van der Waals surface area contributed by atoms with Crippen LogP contribution in [0.4, 0.5) is 0 Å². The molecular weight excluding hydrogens is 389 g/mol. The minimum absolute atomic E-state index is 0.169. The van der Waals surface area contributed by atoms with Crippen molar-refractivity contribution in [1.29, 1.82) is 0 Å². The molecule has 8 heteroatoms. The smallest absolute Gasteiger partial charge is 0.146 e. The molecule has 1 fully saturated rings. The molecule has 2 atom stereocenters. The summed E-state index contributed by atoms with van der Waals surface area (Å²) < 4.78 is 19.1. The lowest BCUT2D eigenvalue weighted by Crippen LogP contribution is -2.49. The van der Waals surface area contributed by atoms with Crippen molar-refractivity contribution in [2.45, 2.75) is 32.4 Å². The van der Waals surface area contributed by atoms with Gasteiger partial charge in [0.05, 0.1) is 30.9 Å². The molecule has 1 aliphatic rings. The molecule has 0 amide bonds. The van der Waals surface area contributed by atoms with Crippen LogP contribution in [-0.2, 0) is 20.6 Å². The number of hydrogen-bond acceptors (Lipinski definition) is 5. The van der Waals surface area contributed by atoms with E-state index in [4.69, 9.17) is 37.4 Å². The quantitative estimate of drug-likeness (QED) is 0.635. The number of allylic oxidation sites excluding steroid dienone is 1. The van der Waals surface area contributed by atoms with Gasteiger partial charge in [0.2, 0.25) is 0 Å². The molecule has 0 radical (unpaired) electrons. The van der Waals surface area contributed by atoms with Crippen LogP contribution in [0.15, 0.2) is 43.2 Å². The van der Waals surface area contributed by atoms with E-state index < -0.39 is 0 Å². The van der Waals surface area contributed by atoms with Crippen LogP contribution in [0.1, 0.15) is 25.5 Å². The Bertz CT molecular complexity index is 762. The van der Waals surface area contributed by atoms with Crippen LogP contribution in [0.2, 0.25) is 10.0 Å². The van der Waals surface area contributed by atoms with E-state index in [1.165, 1.54) is 6.33 Å². The molecule has 1 saturated heterocycles. The van der Waals surface area contributed by atoms with Crippen molar-refractivity contribution in [1.82, 2.24) is 14.8 Å². The number of ether oxygens (including phenoxy) is 3. The third kappa shape index (κ3) is 4.82. The van der Waals surface area contributed by atoms with Crippen LogP contribution in [0.25, 0.3) is 0 Å². The minimum Gasteiger partial charge on any atom is -0.495 e. The lowest BCUT2D eigenvalue weighted by molar-refractivity contribution is -0.197. The molecule has 0 N–H and O–H groups in total. The van der Waals surface area contributed by atoms with Crippen molar-refractivity contribution in [3.8, 4) is 0 Å². The molecule has 2 unspecified atom stereocenters. The highest BCUT2D eigenvalue weighted by atomic mass is 35.5. The molecular formula is C19H23Cl2N3O3. The van der Waals surface area contributed by atoms with Gasteiger partial charge in [0.25, 0.3) is 0 Å². The fraction of sp³-hybridized carbons (Fsp3) is 0.474. The highest BCUT2D eigenvalue weighted by Gasteiger charge is 2.44. The van der Waals surface area contributed by atoms with Gasteiger partial charge in [-0.15, -0.1) is 0 Å². The van der Waals surface area contributed by atoms with Crippen molar-refractivity contribution < 1.29 is 14.2 Å². The van der Waals surface area contributed by atoms with E-state index in [0.717, 1.165) is 5.56 Å². The van der Waals surface area contributed by atoms with Crippen LogP contribution in [0.3, 0.4) is 0 Å². The molecule has 1 aliphatic heterocycles. The number of nitrogens with zero attached hydrogens (tertiary/aromatic N) is 3. The molecule has 2 aromatic rings. The summed E-state index contributed by atoms with van der Waals surface area (Å²) in [6.45, 7) is 5.34. The Hall–Kier alpha value is -1.60. The number of rotatable bonds is 7. The zero-order valence-electron chi connectivity index (χ0n) is 15.3. The second kappa shape index (κ2) is 9.06. The molecule has 1 aromatic carbocycles. The summed E-state index contributed by atoms with van der Waals surface area (Å²) in [7, 11) is 0. The van der Waals surface area contributed by atoms with Crippen LogP contribution >= 0.6 is 23.2 Å². The minimum atomic E-state index is -0.368. The molecule has 0 saturated carbocycles. The van der Waals surface area contributed by atoms with Gasteiger partial charge in [0, 0.05) is 16.5 Å². The maximum atomic E-state index is 6.43. The highest BCUT2D eigenvalue weighted by molar-refractivity contribution is 6.35. The number of aromatic nitrogens is 3. The summed E-state index contributed by atoms with van der Waals surface area (Å²) in [5.41, 5.74) is 0.588. The Labute approximate surface area is 169 Å². The first-order valence-corrected chi connectivity index (χ1v) is 9.49. The largest absolute Gasteiger partial charge is 0.495 e. The third-order valence-electron chi connectivity index (χ3n) is 4.65. The van der Waals surface area contributed by atoms with E-state index in [1.807, 2.05) is 25.1 Å². The average Bonchev–Trinajstić information content (AvgIpc) is 3.18. The van der Waals surface area contributed by atoms with Gasteiger partial charge in [-0.05, 0) is 24.6 Å². The van der Waals surface area contributed by atoms with Crippen LogP contribution in [0, 0.1) is 5.41 Å². The van der Waals surface area contributed by atoms with Gasteiger partial charge in [0.1, 0.15) is 25.6 Å². The van der Waals surface area contributed by atoms with Crippen molar-refractivity contribution in [2.24, 2.45) is 5.41 Å². The normalized spacial score (nSPS) is 19.1. The molecule has 146 valence electrons. The summed E-state index contributed by atoms with van der Waals surface area (Å²) in [6, 6.07) is 5.33. The summed E-state index contributed by atoms with van der Waals surface area (Å²) in [5.74, 6) is 0. The van der Waals surface area contributed by atoms with E-state index in [2.05, 4.69) is 17.0 Å². The number of benzene rings is 1. The molecule has 27 heavy (non-hydrogen) atoms. The van der Waals surface area contributed by atoms with E-state index in [9.17, 15) is 0 Å². The number of halogens is 2. The first-order chi connectivity index (χ1) is 13.0. The second-order valence-corrected chi connectivity index (χ2v) is 7.72. The monoisotopic (exact) mass is 411 g/mol. The van der Waals surface area contributed by atoms with Gasteiger partial charge in [0.15, 0.2) is 0 Å². The maximum absolute atomic E-state index is 6.43. The molecule has 6 nitrogen and oxygen atoms in total. The molecule has 1 aromatic heterocycles. The Kier molecular flexibility index (Phi) is 6.76. The van der Waals surface area contributed by atoms with Crippen molar-refractivity contribution >= 4 is 23.2 Å². The summed E-state index contributed by atoms with van der Waals surface area (Å²) in [4.78, 5) is 4.11. The fourth-order valence-electron chi connectivity index (χ4n) is 3.34. The predicted octanol–water partition coefficient (Wildman–Crippen LogP) is 4.30. The summed E-state index contributed by atoms with van der Waals surface area (Å²) >= 11 is 12.5. The van der Waals surface area contributed by atoms with Crippen LogP contribution in [-0.4, -0.2) is 40.9 Å². The van der Waals surface area contributed by atoms with Crippen molar-refractivity contribution in [3.05, 3.63) is 58.8 Å². The lowest BCUT2D eigenvalue weighted by atomic mass is 9.79. The van der Waals surface area contributed by atoms with Gasteiger partial charge in [-0.3, -0.25) is 0 Å². The standard InChI is InChI=1S/C19H23Cl2N3O3/c1-3-6-27-18(19(2)9-25-13-26-10-19)17(24-12-22-11-23-24)7-14-4-5-15(20)8-16(14)21/h3-6,8,11-12,17-18H,7,9-10,13H2,1-2H3. The Balaban J connectivity index is 1.98. The van der Waals surface area contributed by atoms with Crippen molar-refractivity contribution in [2.75, 3.05) is 20.0 Å².